The maximum atomic E-state index is 12.3. The molecule has 1 amide bonds. The highest BCUT2D eigenvalue weighted by Crippen LogP contribution is 2.37. The van der Waals surface area contributed by atoms with Crippen LogP contribution in [-0.2, 0) is 11.2 Å². The first-order chi connectivity index (χ1) is 11.7. The molecule has 1 N–H and O–H groups in total. The fraction of sp³-hybridized carbons (Fsp3) is 0.368. The Balaban J connectivity index is 1.77. The first kappa shape index (κ1) is 16.5. The summed E-state index contributed by atoms with van der Waals surface area (Å²) in [5.74, 6) is -0.0967. The van der Waals surface area contributed by atoms with E-state index in [9.17, 15) is 4.79 Å². The smallest absolute Gasteiger partial charge is 0.252 e. The largest absolute Gasteiger partial charge is 0.385 e. The van der Waals surface area contributed by atoms with Gasteiger partial charge in [-0.15, -0.1) is 0 Å². The summed E-state index contributed by atoms with van der Waals surface area (Å²) in [4.78, 5) is 18.8. The Morgan fingerprint density at radius 3 is 3.04 bits per heavy atom. The van der Waals surface area contributed by atoms with E-state index in [1.54, 1.807) is 13.3 Å². The number of rotatable bonds is 6. The van der Waals surface area contributed by atoms with Crippen LogP contribution in [-0.4, -0.2) is 37.2 Å². The minimum absolute atomic E-state index is 0.0967. The Hall–Kier alpha value is -2.40. The van der Waals surface area contributed by atoms with Crippen LogP contribution in [0.1, 0.15) is 29.3 Å². The van der Waals surface area contributed by atoms with Crippen molar-refractivity contribution in [3.05, 3.63) is 53.9 Å². The molecule has 0 bridgehead atoms. The zero-order valence-electron chi connectivity index (χ0n) is 14.2. The minimum atomic E-state index is -0.0967. The van der Waals surface area contributed by atoms with Crippen LogP contribution < -0.4 is 10.2 Å². The van der Waals surface area contributed by atoms with Gasteiger partial charge in [0.25, 0.3) is 5.91 Å². The molecular weight excluding hydrogens is 302 g/mol. The molecule has 5 nitrogen and oxygen atoms in total. The normalized spacial score (nSPS) is 16.1. The number of nitrogens with one attached hydrogen (secondary N) is 1. The third-order valence-electron chi connectivity index (χ3n) is 4.28. The molecule has 1 atom stereocenters. The van der Waals surface area contributed by atoms with Crippen molar-refractivity contribution in [3.8, 4) is 0 Å². The van der Waals surface area contributed by atoms with E-state index in [0.717, 1.165) is 18.5 Å². The molecule has 2 aromatic rings. The average molecular weight is 325 g/mol. The van der Waals surface area contributed by atoms with Gasteiger partial charge >= 0.3 is 0 Å². The lowest BCUT2D eigenvalue weighted by Gasteiger charge is -2.25. The fourth-order valence-electron chi connectivity index (χ4n) is 3.16. The Kier molecular flexibility index (Phi) is 5.11. The second-order valence-electron chi connectivity index (χ2n) is 6.09. The molecule has 0 fully saturated rings. The molecule has 0 spiro atoms. The van der Waals surface area contributed by atoms with Gasteiger partial charge in [0.05, 0.1) is 17.4 Å². The Morgan fingerprint density at radius 2 is 2.21 bits per heavy atom. The molecule has 0 saturated heterocycles. The van der Waals surface area contributed by atoms with Gasteiger partial charge < -0.3 is 15.0 Å². The van der Waals surface area contributed by atoms with Crippen LogP contribution in [0, 0.1) is 0 Å². The number of amides is 1. The lowest BCUT2D eigenvalue weighted by molar-refractivity contribution is 0.0948. The number of methoxy groups -OCH3 is 1. The third-order valence-corrected chi connectivity index (χ3v) is 4.28. The summed E-state index contributed by atoms with van der Waals surface area (Å²) < 4.78 is 4.99. The molecule has 1 aliphatic rings. The fourth-order valence-corrected chi connectivity index (χ4v) is 3.16. The van der Waals surface area contributed by atoms with Crippen molar-refractivity contribution in [2.24, 2.45) is 0 Å². The number of fused-ring (bicyclic) bond motifs is 1. The van der Waals surface area contributed by atoms with Gasteiger partial charge in [-0.3, -0.25) is 9.78 Å². The van der Waals surface area contributed by atoms with Gasteiger partial charge in [-0.1, -0.05) is 18.2 Å². The number of anilines is 2. The predicted molar refractivity (Wildman–Crippen MR) is 94.8 cm³/mol. The second kappa shape index (κ2) is 7.45. The second-order valence-corrected chi connectivity index (χ2v) is 6.09. The van der Waals surface area contributed by atoms with Crippen molar-refractivity contribution in [2.45, 2.75) is 25.8 Å². The van der Waals surface area contributed by atoms with E-state index in [0.29, 0.717) is 24.8 Å². The number of benzene rings is 1. The number of carbonyl (C=O) groups is 1. The Morgan fingerprint density at radius 1 is 1.38 bits per heavy atom. The van der Waals surface area contributed by atoms with Gasteiger partial charge in [0, 0.05) is 38.2 Å². The molecule has 0 radical (unpaired) electrons. The van der Waals surface area contributed by atoms with Gasteiger partial charge in [-0.25, -0.2) is 0 Å². The molecule has 2 heterocycles. The lowest BCUT2D eigenvalue weighted by atomic mass is 10.1. The minimum Gasteiger partial charge on any atom is -0.385 e. The molecular formula is C19H23N3O2. The monoisotopic (exact) mass is 325 g/mol. The van der Waals surface area contributed by atoms with E-state index in [2.05, 4.69) is 40.3 Å². The maximum absolute atomic E-state index is 12.3. The number of hydrogen-bond donors (Lipinski definition) is 1. The molecule has 5 heteroatoms. The quantitative estimate of drug-likeness (QED) is 0.830. The number of nitrogens with zero attached hydrogens (tertiary/aromatic N) is 2. The van der Waals surface area contributed by atoms with E-state index >= 15 is 0 Å². The molecule has 1 unspecified atom stereocenters. The highest BCUT2D eigenvalue weighted by molar-refractivity contribution is 5.95. The first-order valence-electron chi connectivity index (χ1n) is 8.30. The summed E-state index contributed by atoms with van der Waals surface area (Å²) in [5.41, 5.74) is 4.07. The van der Waals surface area contributed by atoms with Crippen LogP contribution in [0.15, 0.2) is 42.7 Å². The van der Waals surface area contributed by atoms with E-state index in [-0.39, 0.29) is 5.91 Å². The van der Waals surface area contributed by atoms with Gasteiger partial charge in [-0.2, -0.15) is 0 Å². The molecule has 1 aliphatic heterocycles. The molecule has 0 aliphatic carbocycles. The van der Waals surface area contributed by atoms with Crippen molar-refractivity contribution in [2.75, 3.05) is 25.2 Å². The molecule has 3 rings (SSSR count). The summed E-state index contributed by atoms with van der Waals surface area (Å²) in [5, 5.41) is 2.90. The van der Waals surface area contributed by atoms with Crippen LogP contribution in [0.25, 0.3) is 0 Å². The van der Waals surface area contributed by atoms with Gasteiger partial charge in [-0.05, 0) is 37.5 Å². The van der Waals surface area contributed by atoms with Crippen LogP contribution in [0.2, 0.25) is 0 Å². The van der Waals surface area contributed by atoms with Crippen molar-refractivity contribution in [3.63, 3.8) is 0 Å². The van der Waals surface area contributed by atoms with E-state index in [1.807, 2.05) is 18.3 Å². The van der Waals surface area contributed by atoms with Crippen molar-refractivity contribution >= 4 is 17.3 Å². The van der Waals surface area contributed by atoms with E-state index in [1.165, 1.54) is 11.3 Å². The Bertz CT molecular complexity index is 717. The van der Waals surface area contributed by atoms with E-state index < -0.39 is 0 Å². The van der Waals surface area contributed by atoms with Gasteiger partial charge in [0.2, 0.25) is 0 Å². The lowest BCUT2D eigenvalue weighted by Crippen LogP contribution is -2.27. The van der Waals surface area contributed by atoms with Crippen LogP contribution in [0.4, 0.5) is 11.4 Å². The maximum Gasteiger partial charge on any atom is 0.252 e. The average Bonchev–Trinajstić information content (AvgIpc) is 2.94. The third kappa shape index (κ3) is 3.41. The summed E-state index contributed by atoms with van der Waals surface area (Å²) in [6, 6.07) is 10.7. The summed E-state index contributed by atoms with van der Waals surface area (Å²) in [7, 11) is 1.66. The van der Waals surface area contributed by atoms with Crippen molar-refractivity contribution in [1.82, 2.24) is 10.3 Å². The molecule has 126 valence electrons. The topological polar surface area (TPSA) is 54.5 Å². The van der Waals surface area contributed by atoms with Gasteiger partial charge in [0.1, 0.15) is 0 Å². The SMILES string of the molecule is COCCCNC(=O)c1cncc(N2c3ccccc3CC2C)c1. The summed E-state index contributed by atoms with van der Waals surface area (Å²) in [6.45, 7) is 3.43. The number of ether oxygens (including phenoxy) is 1. The highest BCUT2D eigenvalue weighted by atomic mass is 16.5. The number of aromatic nitrogens is 1. The predicted octanol–water partition coefficient (Wildman–Crippen LogP) is 2.93. The van der Waals surface area contributed by atoms with Crippen LogP contribution in [0.3, 0.4) is 0 Å². The number of carbonyl (C=O) groups excluding carboxylic acids is 1. The van der Waals surface area contributed by atoms with Crippen molar-refractivity contribution < 1.29 is 9.53 Å². The molecule has 24 heavy (non-hydrogen) atoms. The van der Waals surface area contributed by atoms with E-state index in [4.69, 9.17) is 4.74 Å². The van der Waals surface area contributed by atoms with Crippen LogP contribution >= 0.6 is 0 Å². The zero-order valence-corrected chi connectivity index (χ0v) is 14.2. The highest BCUT2D eigenvalue weighted by Gasteiger charge is 2.27. The van der Waals surface area contributed by atoms with Crippen LogP contribution in [0.5, 0.6) is 0 Å². The van der Waals surface area contributed by atoms with Gasteiger partial charge in [0.15, 0.2) is 0 Å². The molecule has 1 aromatic heterocycles. The first-order valence-corrected chi connectivity index (χ1v) is 8.30. The zero-order chi connectivity index (χ0) is 16.9. The number of hydrogen-bond acceptors (Lipinski definition) is 4. The number of pyridine rings is 1. The standard InChI is InChI=1S/C19H23N3O2/c1-14-10-15-6-3-4-7-18(15)22(14)17-11-16(12-20-13-17)19(23)21-8-5-9-24-2/h3-4,6-7,11-14H,5,8-10H2,1-2H3,(H,21,23). The molecule has 1 aromatic carbocycles. The summed E-state index contributed by atoms with van der Waals surface area (Å²) in [6.07, 6.45) is 5.23. The Labute approximate surface area is 142 Å². The number of para-hydroxylation sites is 1. The molecule has 0 saturated carbocycles. The van der Waals surface area contributed by atoms with Crippen molar-refractivity contribution in [1.29, 1.82) is 0 Å². The summed E-state index contributed by atoms with van der Waals surface area (Å²) >= 11 is 0.